The highest BCUT2D eigenvalue weighted by Gasteiger charge is 2.18. The summed E-state index contributed by atoms with van der Waals surface area (Å²) in [6.45, 7) is 5.25. The van der Waals surface area contributed by atoms with Crippen LogP contribution in [0.4, 0.5) is 27.5 Å². The van der Waals surface area contributed by atoms with E-state index in [4.69, 9.17) is 11.6 Å². The lowest BCUT2D eigenvalue weighted by molar-refractivity contribution is -0.114. The van der Waals surface area contributed by atoms with E-state index >= 15 is 0 Å². The summed E-state index contributed by atoms with van der Waals surface area (Å²) in [5, 5.41) is 6.07. The molecule has 1 fully saturated rings. The Morgan fingerprint density at radius 1 is 1.00 bits per heavy atom. The van der Waals surface area contributed by atoms with Gasteiger partial charge < -0.3 is 20.4 Å². The van der Waals surface area contributed by atoms with Gasteiger partial charge in [-0.05, 0) is 49.5 Å². The van der Waals surface area contributed by atoms with Crippen molar-refractivity contribution in [3.8, 4) is 0 Å². The SMILES string of the molecule is CC(=O)Nc1ccc(N(S)C(=O)Nc2ccc(N3CCN(C)CC3)c(Cl)c2)cc1. The molecule has 9 heteroatoms. The molecule has 0 unspecified atom stereocenters. The normalized spacial score (nSPS) is 14.4. The van der Waals surface area contributed by atoms with Crippen molar-refractivity contribution in [1.29, 1.82) is 0 Å². The summed E-state index contributed by atoms with van der Waals surface area (Å²) in [7, 11) is 2.11. The first kappa shape index (κ1) is 21.3. The Bertz CT molecular complexity index is 885. The maximum Gasteiger partial charge on any atom is 0.336 e. The molecule has 0 aromatic heterocycles. The van der Waals surface area contributed by atoms with Gasteiger partial charge in [0, 0.05) is 44.5 Å². The summed E-state index contributed by atoms with van der Waals surface area (Å²) in [6.07, 6.45) is 0. The zero-order valence-electron chi connectivity index (χ0n) is 16.4. The number of nitrogens with one attached hydrogen (secondary N) is 2. The van der Waals surface area contributed by atoms with Crippen LogP contribution in [0.15, 0.2) is 42.5 Å². The number of halogens is 1. The van der Waals surface area contributed by atoms with Crippen molar-refractivity contribution in [2.24, 2.45) is 0 Å². The molecule has 3 amide bonds. The predicted molar refractivity (Wildman–Crippen MR) is 122 cm³/mol. The van der Waals surface area contributed by atoms with E-state index in [0.717, 1.165) is 31.9 Å². The van der Waals surface area contributed by atoms with E-state index in [0.29, 0.717) is 22.1 Å². The van der Waals surface area contributed by atoms with Gasteiger partial charge in [-0.15, -0.1) is 0 Å². The van der Waals surface area contributed by atoms with Crippen LogP contribution in [0.25, 0.3) is 0 Å². The van der Waals surface area contributed by atoms with E-state index in [1.807, 2.05) is 12.1 Å². The van der Waals surface area contributed by atoms with Crippen LogP contribution in [0.1, 0.15) is 6.92 Å². The molecule has 0 aliphatic carbocycles. The summed E-state index contributed by atoms with van der Waals surface area (Å²) in [5.74, 6) is -0.157. The van der Waals surface area contributed by atoms with Gasteiger partial charge in [-0.25, -0.2) is 9.10 Å². The van der Waals surface area contributed by atoms with Crippen molar-refractivity contribution in [2.45, 2.75) is 6.92 Å². The van der Waals surface area contributed by atoms with Gasteiger partial charge in [0.25, 0.3) is 0 Å². The van der Waals surface area contributed by atoms with E-state index < -0.39 is 6.03 Å². The van der Waals surface area contributed by atoms with Gasteiger partial charge in [0.2, 0.25) is 5.91 Å². The van der Waals surface area contributed by atoms with E-state index in [2.05, 4.69) is 40.3 Å². The van der Waals surface area contributed by atoms with Crippen LogP contribution in [0.3, 0.4) is 0 Å². The molecular weight excluding hydrogens is 410 g/mol. The number of amides is 3. The zero-order chi connectivity index (χ0) is 21.0. The van der Waals surface area contributed by atoms with E-state index in [1.165, 1.54) is 11.2 Å². The third-order valence-electron chi connectivity index (χ3n) is 4.67. The number of nitrogens with zero attached hydrogens (tertiary/aromatic N) is 3. The highest BCUT2D eigenvalue weighted by atomic mass is 35.5. The number of thiol groups is 1. The van der Waals surface area contributed by atoms with Crippen LogP contribution < -0.4 is 19.8 Å². The molecule has 1 heterocycles. The predicted octanol–water partition coefficient (Wildman–Crippen LogP) is 3.93. The van der Waals surface area contributed by atoms with Gasteiger partial charge in [0.1, 0.15) is 0 Å². The fraction of sp³-hybridized carbons (Fsp3) is 0.300. The first-order valence-corrected chi connectivity index (χ1v) is 10.0. The fourth-order valence-electron chi connectivity index (χ4n) is 3.07. The Morgan fingerprint density at radius 3 is 2.21 bits per heavy atom. The number of anilines is 4. The van der Waals surface area contributed by atoms with E-state index in [1.54, 1.807) is 30.3 Å². The summed E-state index contributed by atoms with van der Waals surface area (Å²) in [4.78, 5) is 28.1. The third kappa shape index (κ3) is 5.56. The van der Waals surface area contributed by atoms with Crippen LogP contribution in [-0.2, 0) is 4.79 Å². The van der Waals surface area contributed by atoms with Gasteiger partial charge in [-0.2, -0.15) is 0 Å². The Kier molecular flexibility index (Phi) is 6.89. The topological polar surface area (TPSA) is 67.9 Å². The molecule has 2 N–H and O–H groups in total. The number of carbonyl (C=O) groups is 2. The second-order valence-corrected chi connectivity index (χ2v) is 7.73. The lowest BCUT2D eigenvalue weighted by Crippen LogP contribution is -2.44. The molecule has 0 bridgehead atoms. The highest BCUT2D eigenvalue weighted by molar-refractivity contribution is 7.82. The zero-order valence-corrected chi connectivity index (χ0v) is 18.0. The summed E-state index contributed by atoms with van der Waals surface area (Å²) >= 11 is 10.7. The quantitative estimate of drug-likeness (QED) is 0.639. The average molecular weight is 434 g/mol. The smallest absolute Gasteiger partial charge is 0.336 e. The van der Waals surface area contributed by atoms with Crippen LogP contribution in [0.2, 0.25) is 5.02 Å². The highest BCUT2D eigenvalue weighted by Crippen LogP contribution is 2.30. The second kappa shape index (κ2) is 9.39. The lowest BCUT2D eigenvalue weighted by Gasteiger charge is -2.34. The minimum Gasteiger partial charge on any atom is -0.368 e. The first-order valence-electron chi connectivity index (χ1n) is 9.24. The van der Waals surface area contributed by atoms with Crippen molar-refractivity contribution in [3.05, 3.63) is 47.5 Å². The van der Waals surface area contributed by atoms with Crippen molar-refractivity contribution >= 4 is 59.1 Å². The van der Waals surface area contributed by atoms with Crippen molar-refractivity contribution in [3.63, 3.8) is 0 Å². The molecular formula is C20H24ClN5O2S. The molecule has 0 spiro atoms. The maximum atomic E-state index is 12.5. The van der Waals surface area contributed by atoms with Gasteiger partial charge in [-0.1, -0.05) is 24.4 Å². The molecule has 7 nitrogen and oxygen atoms in total. The van der Waals surface area contributed by atoms with Crippen molar-refractivity contribution in [2.75, 3.05) is 53.1 Å². The van der Waals surface area contributed by atoms with Gasteiger partial charge in [0.05, 0.1) is 16.4 Å². The number of hydrogen-bond acceptors (Lipinski definition) is 5. The largest absolute Gasteiger partial charge is 0.368 e. The van der Waals surface area contributed by atoms with Crippen LogP contribution in [0.5, 0.6) is 0 Å². The standard InChI is InChI=1S/C20H24ClN5O2S/c1-14(27)22-15-3-6-17(7-4-15)26(29)20(28)23-16-5-8-19(18(21)13-16)25-11-9-24(2)10-12-25/h3-8,13,29H,9-12H2,1-2H3,(H,22,27)(H,23,28). The molecule has 2 aromatic carbocycles. The summed E-state index contributed by atoms with van der Waals surface area (Å²) in [6, 6.07) is 11.9. The number of carbonyl (C=O) groups excluding carboxylic acids is 2. The lowest BCUT2D eigenvalue weighted by atomic mass is 10.2. The molecule has 1 aliphatic heterocycles. The number of urea groups is 1. The van der Waals surface area contributed by atoms with Gasteiger partial charge in [-0.3, -0.25) is 4.79 Å². The maximum absolute atomic E-state index is 12.5. The number of rotatable bonds is 4. The van der Waals surface area contributed by atoms with Crippen molar-refractivity contribution < 1.29 is 9.59 Å². The summed E-state index contributed by atoms with van der Waals surface area (Å²) in [5.41, 5.74) is 2.77. The Balaban J connectivity index is 1.64. The number of piperazine rings is 1. The molecule has 0 atom stereocenters. The minimum absolute atomic E-state index is 0.157. The number of benzene rings is 2. The fourth-order valence-corrected chi connectivity index (χ4v) is 3.55. The molecule has 0 saturated carbocycles. The molecule has 29 heavy (non-hydrogen) atoms. The molecule has 154 valence electrons. The Morgan fingerprint density at radius 2 is 1.62 bits per heavy atom. The summed E-state index contributed by atoms with van der Waals surface area (Å²) < 4.78 is 1.19. The van der Waals surface area contributed by atoms with Crippen LogP contribution >= 0.6 is 24.4 Å². The van der Waals surface area contributed by atoms with Crippen LogP contribution in [0, 0.1) is 0 Å². The molecule has 3 rings (SSSR count). The van der Waals surface area contributed by atoms with Gasteiger partial charge >= 0.3 is 6.03 Å². The number of likely N-dealkylation sites (N-methyl/N-ethyl adjacent to an activating group) is 1. The van der Waals surface area contributed by atoms with E-state index in [-0.39, 0.29) is 5.91 Å². The third-order valence-corrected chi connectivity index (χ3v) is 5.38. The molecule has 0 radical (unpaired) electrons. The van der Waals surface area contributed by atoms with Crippen LogP contribution in [-0.4, -0.2) is 50.1 Å². The first-order chi connectivity index (χ1) is 13.8. The second-order valence-electron chi connectivity index (χ2n) is 6.93. The average Bonchev–Trinajstić information content (AvgIpc) is 2.68. The van der Waals surface area contributed by atoms with Gasteiger partial charge in [0.15, 0.2) is 0 Å². The monoisotopic (exact) mass is 433 g/mol. The minimum atomic E-state index is -0.413. The molecule has 1 aliphatic rings. The molecule has 2 aromatic rings. The van der Waals surface area contributed by atoms with Crippen molar-refractivity contribution in [1.82, 2.24) is 4.90 Å². The Hall–Kier alpha value is -2.42. The van der Waals surface area contributed by atoms with E-state index in [9.17, 15) is 9.59 Å². The number of hydrogen-bond donors (Lipinski definition) is 3. The Labute approximate surface area is 181 Å². The molecule has 1 saturated heterocycles.